The highest BCUT2D eigenvalue weighted by Crippen LogP contribution is 2.39. The summed E-state index contributed by atoms with van der Waals surface area (Å²) in [6, 6.07) is 11.8. The molecule has 2 heterocycles. The van der Waals surface area contributed by atoms with Crippen LogP contribution in [0.3, 0.4) is 0 Å². The molecule has 174 valence electrons. The first-order valence-corrected chi connectivity index (χ1v) is 11.8. The number of carbonyl (C=O) groups excluding carboxylic acids is 1. The summed E-state index contributed by atoms with van der Waals surface area (Å²) in [7, 11) is 0. The first kappa shape index (κ1) is 21.8. The minimum Gasteiger partial charge on any atom is -0.365 e. The minimum absolute atomic E-state index is 0.0292. The summed E-state index contributed by atoms with van der Waals surface area (Å²) < 4.78 is 13.2. The van der Waals surface area contributed by atoms with E-state index in [1.165, 1.54) is 37.8 Å². The molecular weight excluding hydrogens is 423 g/mol. The molecule has 3 aliphatic rings. The second-order valence-corrected chi connectivity index (χ2v) is 9.42. The highest BCUT2D eigenvalue weighted by Gasteiger charge is 2.43. The lowest BCUT2D eigenvalue weighted by Crippen LogP contribution is -2.62. The van der Waals surface area contributed by atoms with Gasteiger partial charge in [-0.3, -0.25) is 19.8 Å². The van der Waals surface area contributed by atoms with Gasteiger partial charge in [0.1, 0.15) is 5.82 Å². The molecule has 1 aliphatic carbocycles. The van der Waals surface area contributed by atoms with E-state index >= 15 is 0 Å². The molecular formula is C25H29FN4O3. The number of amides is 1. The lowest BCUT2D eigenvalue weighted by molar-refractivity contribution is -0.384. The Kier molecular flexibility index (Phi) is 6.01. The predicted octanol–water partition coefficient (Wildman–Crippen LogP) is 3.66. The topological polar surface area (TPSA) is 78.7 Å². The van der Waals surface area contributed by atoms with E-state index in [4.69, 9.17) is 0 Å². The summed E-state index contributed by atoms with van der Waals surface area (Å²) in [5.74, 6) is -0.663. The molecule has 0 aromatic heterocycles. The monoisotopic (exact) mass is 452 g/mol. The lowest BCUT2D eigenvalue weighted by atomic mass is 9.82. The van der Waals surface area contributed by atoms with Gasteiger partial charge in [0.2, 0.25) is 5.91 Å². The first-order valence-electron chi connectivity index (χ1n) is 11.8. The third-order valence-corrected chi connectivity index (χ3v) is 7.50. The maximum absolute atomic E-state index is 13.4. The number of nitro groups is 1. The van der Waals surface area contributed by atoms with Crippen molar-refractivity contribution in [2.45, 2.75) is 50.7 Å². The Hall–Kier alpha value is -3.00. The molecule has 5 rings (SSSR count). The van der Waals surface area contributed by atoms with Crippen LogP contribution in [0.4, 0.5) is 15.8 Å². The zero-order valence-electron chi connectivity index (χ0n) is 18.6. The Morgan fingerprint density at radius 1 is 1.12 bits per heavy atom. The molecule has 1 saturated heterocycles. The molecule has 2 unspecified atom stereocenters. The number of nitrogens with zero attached hydrogens (tertiary/aromatic N) is 3. The van der Waals surface area contributed by atoms with Gasteiger partial charge >= 0.3 is 0 Å². The molecule has 2 aromatic carbocycles. The Bertz CT molecular complexity index is 1040. The number of hydrogen-bond acceptors (Lipinski definition) is 5. The number of halogens is 1. The van der Waals surface area contributed by atoms with Gasteiger partial charge in [0, 0.05) is 50.0 Å². The normalized spacial score (nSPS) is 23.1. The summed E-state index contributed by atoms with van der Waals surface area (Å²) in [5.41, 5.74) is 2.77. The zero-order valence-corrected chi connectivity index (χ0v) is 18.6. The molecule has 1 N–H and O–H groups in total. The van der Waals surface area contributed by atoms with Crippen molar-refractivity contribution in [1.82, 2.24) is 10.2 Å². The average molecular weight is 453 g/mol. The van der Waals surface area contributed by atoms with E-state index in [2.05, 4.69) is 15.1 Å². The van der Waals surface area contributed by atoms with Crippen molar-refractivity contribution in [2.24, 2.45) is 5.92 Å². The summed E-state index contributed by atoms with van der Waals surface area (Å²) >= 11 is 0. The molecule has 1 amide bonds. The van der Waals surface area contributed by atoms with Crippen LogP contribution in [-0.4, -0.2) is 47.4 Å². The molecule has 1 saturated carbocycles. The van der Waals surface area contributed by atoms with Gasteiger partial charge in [0.25, 0.3) is 5.69 Å². The number of fused-ring (bicyclic) bond motifs is 3. The van der Waals surface area contributed by atoms with E-state index in [-0.39, 0.29) is 34.3 Å². The van der Waals surface area contributed by atoms with Gasteiger partial charge in [0.05, 0.1) is 16.9 Å². The molecule has 2 aliphatic heterocycles. The number of benzene rings is 2. The number of non-ortho nitro benzene ring substituents is 1. The fourth-order valence-corrected chi connectivity index (χ4v) is 5.77. The maximum atomic E-state index is 13.4. The molecule has 8 heteroatoms. The largest absolute Gasteiger partial charge is 0.365 e. The van der Waals surface area contributed by atoms with Crippen LogP contribution in [0.15, 0.2) is 42.5 Å². The van der Waals surface area contributed by atoms with E-state index in [0.29, 0.717) is 19.0 Å². The van der Waals surface area contributed by atoms with E-state index in [1.807, 2.05) is 6.07 Å². The Morgan fingerprint density at radius 3 is 2.61 bits per heavy atom. The van der Waals surface area contributed by atoms with E-state index < -0.39 is 0 Å². The van der Waals surface area contributed by atoms with Gasteiger partial charge in [-0.1, -0.05) is 25.0 Å². The Balaban J connectivity index is 1.39. The van der Waals surface area contributed by atoms with E-state index in [1.54, 1.807) is 24.3 Å². The summed E-state index contributed by atoms with van der Waals surface area (Å²) in [4.78, 5) is 29.2. The maximum Gasteiger partial charge on any atom is 0.269 e. The third kappa shape index (κ3) is 4.44. The predicted molar refractivity (Wildman–Crippen MR) is 124 cm³/mol. The van der Waals surface area contributed by atoms with Crippen molar-refractivity contribution < 1.29 is 14.1 Å². The molecule has 2 atom stereocenters. The second-order valence-electron chi connectivity index (χ2n) is 9.42. The van der Waals surface area contributed by atoms with Crippen molar-refractivity contribution in [2.75, 3.05) is 24.5 Å². The van der Waals surface area contributed by atoms with Crippen LogP contribution in [0.2, 0.25) is 0 Å². The molecule has 0 spiro atoms. The van der Waals surface area contributed by atoms with Gasteiger partial charge in [-0.25, -0.2) is 4.39 Å². The quantitative estimate of drug-likeness (QED) is 0.553. The van der Waals surface area contributed by atoms with Crippen LogP contribution in [-0.2, 0) is 17.8 Å². The number of nitro benzene ring substituents is 1. The summed E-state index contributed by atoms with van der Waals surface area (Å²) in [5, 5.41) is 14.4. The van der Waals surface area contributed by atoms with Crippen molar-refractivity contribution >= 4 is 17.3 Å². The highest BCUT2D eigenvalue weighted by molar-refractivity contribution is 5.82. The fraction of sp³-hybridized carbons (Fsp3) is 0.480. The van der Waals surface area contributed by atoms with Gasteiger partial charge in [-0.05, 0) is 48.6 Å². The van der Waals surface area contributed by atoms with Gasteiger partial charge in [-0.15, -0.1) is 0 Å². The van der Waals surface area contributed by atoms with Crippen LogP contribution >= 0.6 is 0 Å². The van der Waals surface area contributed by atoms with E-state index in [0.717, 1.165) is 36.4 Å². The first-order chi connectivity index (χ1) is 16.0. The third-order valence-electron chi connectivity index (χ3n) is 7.50. The zero-order chi connectivity index (χ0) is 22.9. The number of piperazine rings is 1. The van der Waals surface area contributed by atoms with Gasteiger partial charge in [0.15, 0.2) is 0 Å². The lowest BCUT2D eigenvalue weighted by Gasteiger charge is -2.50. The number of nitrogens with one attached hydrogen (secondary N) is 1. The SMILES string of the molecule is O=C(NCc1ccc(F)cc1)C1Cc2cc([N+](=O)[O-])ccc2N2CCN(C3CCCC3)CC12. The fourth-order valence-electron chi connectivity index (χ4n) is 5.77. The standard InChI is InChI=1S/C25H29FN4O3/c26-19-7-5-17(6-8-19)15-27-25(31)22-14-18-13-21(30(32)33)9-10-23(18)29-12-11-28(16-24(22)29)20-3-1-2-4-20/h5-10,13,20,22,24H,1-4,11-12,14-16H2,(H,27,31). The van der Waals surface area contributed by atoms with Crippen LogP contribution < -0.4 is 10.2 Å². The molecule has 0 radical (unpaired) electrons. The number of anilines is 1. The number of rotatable bonds is 5. The number of carbonyl (C=O) groups is 1. The van der Waals surface area contributed by atoms with Crippen LogP contribution in [0, 0.1) is 21.8 Å². The molecule has 33 heavy (non-hydrogen) atoms. The van der Waals surface area contributed by atoms with Crippen LogP contribution in [0.5, 0.6) is 0 Å². The van der Waals surface area contributed by atoms with Crippen LogP contribution in [0.1, 0.15) is 36.8 Å². The van der Waals surface area contributed by atoms with E-state index in [9.17, 15) is 19.3 Å². The summed E-state index contributed by atoms with van der Waals surface area (Å²) in [6.07, 6.45) is 5.45. The summed E-state index contributed by atoms with van der Waals surface area (Å²) in [6.45, 7) is 2.92. The van der Waals surface area contributed by atoms with Gasteiger partial charge in [-0.2, -0.15) is 0 Å². The second kappa shape index (κ2) is 9.09. The Morgan fingerprint density at radius 2 is 1.88 bits per heavy atom. The molecule has 0 bridgehead atoms. The Labute approximate surface area is 192 Å². The molecule has 2 fully saturated rings. The minimum atomic E-state index is -0.381. The number of hydrogen-bond donors (Lipinski definition) is 1. The van der Waals surface area contributed by atoms with Crippen LogP contribution in [0.25, 0.3) is 0 Å². The van der Waals surface area contributed by atoms with Crippen molar-refractivity contribution in [1.29, 1.82) is 0 Å². The average Bonchev–Trinajstić information content (AvgIpc) is 3.37. The smallest absolute Gasteiger partial charge is 0.269 e. The van der Waals surface area contributed by atoms with Crippen molar-refractivity contribution in [3.8, 4) is 0 Å². The van der Waals surface area contributed by atoms with Crippen molar-refractivity contribution in [3.05, 3.63) is 69.5 Å². The molecule has 7 nitrogen and oxygen atoms in total. The van der Waals surface area contributed by atoms with Crippen molar-refractivity contribution in [3.63, 3.8) is 0 Å². The molecule has 2 aromatic rings. The van der Waals surface area contributed by atoms with Gasteiger partial charge < -0.3 is 10.2 Å². The highest BCUT2D eigenvalue weighted by atomic mass is 19.1.